The van der Waals surface area contributed by atoms with E-state index in [4.69, 9.17) is 4.74 Å². The third kappa shape index (κ3) is 5.60. The molecule has 22 heavy (non-hydrogen) atoms. The van der Waals surface area contributed by atoms with Gasteiger partial charge in [-0.1, -0.05) is 37.3 Å². The first-order chi connectivity index (χ1) is 10.8. The van der Waals surface area contributed by atoms with E-state index in [9.17, 15) is 4.79 Å². The molecule has 0 fully saturated rings. The summed E-state index contributed by atoms with van der Waals surface area (Å²) in [6.45, 7) is 2.79. The Morgan fingerprint density at radius 1 is 1.05 bits per heavy atom. The highest BCUT2D eigenvalue weighted by molar-refractivity contribution is 5.90. The standard InChI is InChI=1S/C19H23NO2/c1-2-15-22-18-13-11-17(12-14-18)20-19(21)10-6-9-16-7-4-3-5-8-16/h3-5,7-8,11-14H,2,6,9-10,15H2,1H3,(H,20,21). The molecule has 0 aliphatic rings. The molecule has 2 aromatic rings. The van der Waals surface area contributed by atoms with Gasteiger partial charge in [0.05, 0.1) is 6.61 Å². The van der Waals surface area contributed by atoms with Gasteiger partial charge in [-0.15, -0.1) is 0 Å². The number of hydrogen-bond donors (Lipinski definition) is 1. The molecule has 0 radical (unpaired) electrons. The average Bonchev–Trinajstić information content (AvgIpc) is 2.55. The number of amides is 1. The van der Waals surface area contributed by atoms with Crippen molar-refractivity contribution in [2.75, 3.05) is 11.9 Å². The van der Waals surface area contributed by atoms with Crippen molar-refractivity contribution in [1.29, 1.82) is 0 Å². The van der Waals surface area contributed by atoms with Gasteiger partial charge in [-0.2, -0.15) is 0 Å². The number of carbonyl (C=O) groups excluding carboxylic acids is 1. The summed E-state index contributed by atoms with van der Waals surface area (Å²) < 4.78 is 5.52. The lowest BCUT2D eigenvalue weighted by Gasteiger charge is -2.08. The first-order valence-corrected chi connectivity index (χ1v) is 7.84. The first kappa shape index (κ1) is 16.1. The van der Waals surface area contributed by atoms with Crippen LogP contribution in [0.5, 0.6) is 5.75 Å². The zero-order valence-corrected chi connectivity index (χ0v) is 13.0. The number of ether oxygens (including phenoxy) is 1. The van der Waals surface area contributed by atoms with Crippen LogP contribution in [0.3, 0.4) is 0 Å². The van der Waals surface area contributed by atoms with Crippen LogP contribution in [0.4, 0.5) is 5.69 Å². The highest BCUT2D eigenvalue weighted by atomic mass is 16.5. The van der Waals surface area contributed by atoms with E-state index in [-0.39, 0.29) is 5.91 Å². The molecule has 2 aromatic carbocycles. The molecule has 0 spiro atoms. The Balaban J connectivity index is 1.72. The predicted molar refractivity (Wildman–Crippen MR) is 90.2 cm³/mol. The second-order valence-corrected chi connectivity index (χ2v) is 5.26. The van der Waals surface area contributed by atoms with Crippen molar-refractivity contribution in [2.45, 2.75) is 32.6 Å². The molecular formula is C19H23NO2. The van der Waals surface area contributed by atoms with E-state index < -0.39 is 0 Å². The van der Waals surface area contributed by atoms with Gasteiger partial charge < -0.3 is 10.1 Å². The number of aryl methyl sites for hydroxylation is 1. The number of hydrogen-bond acceptors (Lipinski definition) is 2. The van der Waals surface area contributed by atoms with Gasteiger partial charge in [-0.05, 0) is 49.1 Å². The second-order valence-electron chi connectivity index (χ2n) is 5.26. The van der Waals surface area contributed by atoms with Gasteiger partial charge in [0, 0.05) is 12.1 Å². The van der Waals surface area contributed by atoms with E-state index in [0.29, 0.717) is 13.0 Å². The minimum Gasteiger partial charge on any atom is -0.494 e. The Bertz CT molecular complexity index is 564. The molecule has 0 aromatic heterocycles. The maximum Gasteiger partial charge on any atom is 0.224 e. The lowest BCUT2D eigenvalue weighted by molar-refractivity contribution is -0.116. The van der Waals surface area contributed by atoms with Crippen molar-refractivity contribution < 1.29 is 9.53 Å². The first-order valence-electron chi connectivity index (χ1n) is 7.84. The normalized spacial score (nSPS) is 10.2. The molecule has 0 atom stereocenters. The molecule has 1 amide bonds. The molecule has 3 nitrogen and oxygen atoms in total. The zero-order chi connectivity index (χ0) is 15.6. The molecule has 0 aliphatic heterocycles. The zero-order valence-electron chi connectivity index (χ0n) is 13.0. The number of benzene rings is 2. The molecule has 0 saturated heterocycles. The Labute approximate surface area is 132 Å². The van der Waals surface area contributed by atoms with E-state index in [1.54, 1.807) is 0 Å². The maximum atomic E-state index is 11.9. The van der Waals surface area contributed by atoms with Crippen LogP contribution >= 0.6 is 0 Å². The molecule has 0 heterocycles. The third-order valence-electron chi connectivity index (χ3n) is 3.32. The molecular weight excluding hydrogens is 274 g/mol. The average molecular weight is 297 g/mol. The summed E-state index contributed by atoms with van der Waals surface area (Å²) >= 11 is 0. The summed E-state index contributed by atoms with van der Waals surface area (Å²) in [4.78, 5) is 11.9. The van der Waals surface area contributed by atoms with Crippen LogP contribution in [-0.4, -0.2) is 12.5 Å². The Kier molecular flexibility index (Phi) is 6.49. The summed E-state index contributed by atoms with van der Waals surface area (Å²) in [6, 6.07) is 17.8. The molecule has 1 N–H and O–H groups in total. The quantitative estimate of drug-likeness (QED) is 0.782. The van der Waals surface area contributed by atoms with Gasteiger partial charge in [0.2, 0.25) is 5.91 Å². The predicted octanol–water partition coefficient (Wildman–Crippen LogP) is 4.44. The number of rotatable bonds is 8. The highest BCUT2D eigenvalue weighted by Crippen LogP contribution is 2.16. The van der Waals surface area contributed by atoms with Crippen molar-refractivity contribution in [3.63, 3.8) is 0 Å². The van der Waals surface area contributed by atoms with Crippen molar-refractivity contribution in [3.8, 4) is 5.75 Å². The lowest BCUT2D eigenvalue weighted by Crippen LogP contribution is -2.11. The van der Waals surface area contributed by atoms with Crippen LogP contribution < -0.4 is 10.1 Å². The second kappa shape index (κ2) is 8.88. The minimum absolute atomic E-state index is 0.0538. The summed E-state index contributed by atoms with van der Waals surface area (Å²) in [5.41, 5.74) is 2.08. The van der Waals surface area contributed by atoms with Crippen LogP contribution in [0.2, 0.25) is 0 Å². The van der Waals surface area contributed by atoms with Crippen molar-refractivity contribution in [2.24, 2.45) is 0 Å². The topological polar surface area (TPSA) is 38.3 Å². The third-order valence-corrected chi connectivity index (χ3v) is 3.32. The van der Waals surface area contributed by atoms with Crippen molar-refractivity contribution in [1.82, 2.24) is 0 Å². The van der Waals surface area contributed by atoms with Gasteiger partial charge in [-0.3, -0.25) is 4.79 Å². The summed E-state index contributed by atoms with van der Waals surface area (Å²) in [5, 5.41) is 2.92. The van der Waals surface area contributed by atoms with Crippen molar-refractivity contribution >= 4 is 11.6 Å². The molecule has 3 heteroatoms. The molecule has 2 rings (SSSR count). The molecule has 0 unspecified atom stereocenters. The molecule has 0 saturated carbocycles. The fraction of sp³-hybridized carbons (Fsp3) is 0.316. The lowest BCUT2D eigenvalue weighted by atomic mass is 10.1. The van der Waals surface area contributed by atoms with E-state index in [2.05, 4.69) is 24.4 Å². The van der Waals surface area contributed by atoms with Gasteiger partial charge in [0.1, 0.15) is 5.75 Å². The highest BCUT2D eigenvalue weighted by Gasteiger charge is 2.03. The molecule has 0 bridgehead atoms. The molecule has 116 valence electrons. The van der Waals surface area contributed by atoms with Crippen LogP contribution in [-0.2, 0) is 11.2 Å². The van der Waals surface area contributed by atoms with Gasteiger partial charge >= 0.3 is 0 Å². The SMILES string of the molecule is CCCOc1ccc(NC(=O)CCCc2ccccc2)cc1. The number of anilines is 1. The van der Waals surface area contributed by atoms with E-state index in [0.717, 1.165) is 30.7 Å². The monoisotopic (exact) mass is 297 g/mol. The van der Waals surface area contributed by atoms with Gasteiger partial charge in [0.15, 0.2) is 0 Å². The Morgan fingerprint density at radius 3 is 2.45 bits per heavy atom. The summed E-state index contributed by atoms with van der Waals surface area (Å²) in [6.07, 6.45) is 3.30. The van der Waals surface area contributed by atoms with E-state index >= 15 is 0 Å². The smallest absolute Gasteiger partial charge is 0.224 e. The van der Waals surface area contributed by atoms with Gasteiger partial charge in [0.25, 0.3) is 0 Å². The maximum absolute atomic E-state index is 11.9. The Morgan fingerprint density at radius 2 is 1.77 bits per heavy atom. The van der Waals surface area contributed by atoms with Crippen molar-refractivity contribution in [3.05, 3.63) is 60.2 Å². The van der Waals surface area contributed by atoms with Crippen LogP contribution in [0.15, 0.2) is 54.6 Å². The van der Waals surface area contributed by atoms with E-state index in [1.165, 1.54) is 5.56 Å². The van der Waals surface area contributed by atoms with Crippen LogP contribution in [0, 0.1) is 0 Å². The van der Waals surface area contributed by atoms with Crippen LogP contribution in [0.25, 0.3) is 0 Å². The number of nitrogens with one attached hydrogen (secondary N) is 1. The molecule has 0 aliphatic carbocycles. The summed E-state index contributed by atoms with van der Waals surface area (Å²) in [7, 11) is 0. The van der Waals surface area contributed by atoms with Crippen LogP contribution in [0.1, 0.15) is 31.7 Å². The fourth-order valence-electron chi connectivity index (χ4n) is 2.18. The minimum atomic E-state index is 0.0538. The number of carbonyl (C=O) groups is 1. The van der Waals surface area contributed by atoms with E-state index in [1.807, 2.05) is 42.5 Å². The fourth-order valence-corrected chi connectivity index (χ4v) is 2.18. The Hall–Kier alpha value is -2.29. The summed E-state index contributed by atoms with van der Waals surface area (Å²) in [5.74, 6) is 0.891. The van der Waals surface area contributed by atoms with Gasteiger partial charge in [-0.25, -0.2) is 0 Å². The largest absolute Gasteiger partial charge is 0.494 e.